The number of aryl methyl sites for hydroxylation is 1. The topological polar surface area (TPSA) is 44.5 Å². The zero-order valence-corrected chi connectivity index (χ0v) is 12.9. The first kappa shape index (κ1) is 15.4. The minimum atomic E-state index is -0.149. The Bertz CT molecular complexity index is 566. The molecule has 2 unspecified atom stereocenters. The Labute approximate surface area is 126 Å². The number of rotatable bonds is 6. The van der Waals surface area contributed by atoms with E-state index in [0.717, 1.165) is 23.5 Å². The lowest BCUT2D eigenvalue weighted by Gasteiger charge is -2.26. The first-order valence-corrected chi connectivity index (χ1v) is 7.27. The molecule has 0 saturated heterocycles. The third kappa shape index (κ3) is 3.76. The fourth-order valence-electron chi connectivity index (χ4n) is 2.30. The van der Waals surface area contributed by atoms with Gasteiger partial charge in [-0.05, 0) is 48.7 Å². The molecule has 0 heterocycles. The molecule has 0 radical (unpaired) electrons. The Balaban J connectivity index is 2.26. The molecule has 0 bridgehead atoms. The molecule has 2 atom stereocenters. The lowest BCUT2D eigenvalue weighted by Crippen LogP contribution is -2.32. The molecule has 21 heavy (non-hydrogen) atoms. The van der Waals surface area contributed by atoms with E-state index < -0.39 is 0 Å². The number of nitrogens with two attached hydrogens (primary N) is 1. The van der Waals surface area contributed by atoms with Crippen molar-refractivity contribution < 1.29 is 9.47 Å². The van der Waals surface area contributed by atoms with Gasteiger partial charge in [0, 0.05) is 6.04 Å². The van der Waals surface area contributed by atoms with E-state index in [9.17, 15) is 0 Å². The number of hydrogen-bond acceptors (Lipinski definition) is 3. The van der Waals surface area contributed by atoms with E-state index in [1.807, 2.05) is 36.4 Å². The van der Waals surface area contributed by atoms with E-state index >= 15 is 0 Å². The Kier molecular flexibility index (Phi) is 5.23. The minimum absolute atomic E-state index is 0.0480. The Morgan fingerprint density at radius 3 is 2.19 bits per heavy atom. The van der Waals surface area contributed by atoms with Gasteiger partial charge in [0.05, 0.1) is 7.11 Å². The van der Waals surface area contributed by atoms with Crippen LogP contribution in [0, 0.1) is 6.92 Å². The molecule has 2 aromatic rings. The summed E-state index contributed by atoms with van der Waals surface area (Å²) in [6.07, 6.45) is 0.708. The molecular weight excluding hydrogens is 262 g/mol. The van der Waals surface area contributed by atoms with Gasteiger partial charge in [-0.15, -0.1) is 0 Å². The maximum atomic E-state index is 6.27. The normalized spacial score (nSPS) is 13.5. The highest BCUT2D eigenvalue weighted by atomic mass is 16.5. The van der Waals surface area contributed by atoms with Gasteiger partial charge in [-0.2, -0.15) is 0 Å². The summed E-state index contributed by atoms with van der Waals surface area (Å²) in [6.45, 7) is 4.16. The minimum Gasteiger partial charge on any atom is -0.497 e. The van der Waals surface area contributed by atoms with Crippen LogP contribution in [0.2, 0.25) is 0 Å². The number of hydrogen-bond donors (Lipinski definition) is 1. The molecule has 112 valence electrons. The Morgan fingerprint density at radius 2 is 1.62 bits per heavy atom. The summed E-state index contributed by atoms with van der Waals surface area (Å²) in [5.41, 5.74) is 8.61. The van der Waals surface area contributed by atoms with Gasteiger partial charge in [0.1, 0.15) is 17.6 Å². The van der Waals surface area contributed by atoms with Crippen molar-refractivity contribution in [2.75, 3.05) is 7.11 Å². The van der Waals surface area contributed by atoms with Crippen LogP contribution in [0.5, 0.6) is 11.5 Å². The van der Waals surface area contributed by atoms with Gasteiger partial charge in [-0.3, -0.25) is 0 Å². The van der Waals surface area contributed by atoms with Crippen molar-refractivity contribution in [1.29, 1.82) is 0 Å². The summed E-state index contributed by atoms with van der Waals surface area (Å²) in [5, 5.41) is 0. The van der Waals surface area contributed by atoms with E-state index in [2.05, 4.69) is 26.0 Å². The molecule has 0 spiro atoms. The van der Waals surface area contributed by atoms with Gasteiger partial charge in [-0.25, -0.2) is 0 Å². The van der Waals surface area contributed by atoms with Crippen molar-refractivity contribution in [1.82, 2.24) is 0 Å². The maximum Gasteiger partial charge on any atom is 0.139 e. The number of methoxy groups -OCH3 is 1. The molecule has 0 aliphatic rings. The molecule has 0 aliphatic carbocycles. The summed E-state index contributed by atoms with van der Waals surface area (Å²) in [4.78, 5) is 0. The van der Waals surface area contributed by atoms with Gasteiger partial charge >= 0.3 is 0 Å². The number of ether oxygens (including phenoxy) is 2. The van der Waals surface area contributed by atoms with Crippen LogP contribution in [0.15, 0.2) is 48.5 Å². The van der Waals surface area contributed by atoms with Gasteiger partial charge in [0.2, 0.25) is 0 Å². The molecule has 0 saturated carbocycles. The lowest BCUT2D eigenvalue weighted by atomic mass is 9.97. The standard InChI is InChI=1S/C18H23NO2/c1-4-17(19)18(16-8-6-5-7-13(16)2)21-15-11-9-14(20-3)10-12-15/h5-12,17-18H,4,19H2,1-3H3. The van der Waals surface area contributed by atoms with Crippen molar-refractivity contribution in [3.8, 4) is 11.5 Å². The highest BCUT2D eigenvalue weighted by molar-refractivity contribution is 5.34. The van der Waals surface area contributed by atoms with Gasteiger partial charge in [0.15, 0.2) is 0 Å². The van der Waals surface area contributed by atoms with Crippen molar-refractivity contribution in [3.63, 3.8) is 0 Å². The monoisotopic (exact) mass is 285 g/mol. The predicted molar refractivity (Wildman–Crippen MR) is 85.8 cm³/mol. The second-order valence-corrected chi connectivity index (χ2v) is 5.14. The van der Waals surface area contributed by atoms with Crippen LogP contribution in [-0.2, 0) is 0 Å². The lowest BCUT2D eigenvalue weighted by molar-refractivity contribution is 0.170. The fourth-order valence-corrected chi connectivity index (χ4v) is 2.30. The largest absolute Gasteiger partial charge is 0.497 e. The van der Waals surface area contributed by atoms with E-state index in [4.69, 9.17) is 15.2 Å². The molecule has 0 fully saturated rings. The van der Waals surface area contributed by atoms with Gasteiger partial charge in [0.25, 0.3) is 0 Å². The fraction of sp³-hybridized carbons (Fsp3) is 0.333. The molecule has 2 aromatic carbocycles. The number of benzene rings is 2. The summed E-state index contributed by atoms with van der Waals surface area (Å²) in [6, 6.07) is 15.8. The van der Waals surface area contributed by atoms with Crippen molar-refractivity contribution >= 4 is 0 Å². The van der Waals surface area contributed by atoms with Gasteiger partial charge < -0.3 is 15.2 Å². The van der Waals surface area contributed by atoms with Crippen LogP contribution in [0.4, 0.5) is 0 Å². The molecule has 2 rings (SSSR count). The van der Waals surface area contributed by atoms with Crippen molar-refractivity contribution in [2.45, 2.75) is 32.4 Å². The van der Waals surface area contributed by atoms with E-state index in [1.54, 1.807) is 7.11 Å². The highest BCUT2D eigenvalue weighted by Crippen LogP contribution is 2.28. The second kappa shape index (κ2) is 7.14. The maximum absolute atomic E-state index is 6.27. The highest BCUT2D eigenvalue weighted by Gasteiger charge is 2.22. The van der Waals surface area contributed by atoms with Crippen LogP contribution in [0.1, 0.15) is 30.6 Å². The summed E-state index contributed by atoms with van der Waals surface area (Å²) >= 11 is 0. The third-order valence-electron chi connectivity index (χ3n) is 3.68. The average molecular weight is 285 g/mol. The van der Waals surface area contributed by atoms with Crippen LogP contribution in [-0.4, -0.2) is 13.2 Å². The SMILES string of the molecule is CCC(N)C(Oc1ccc(OC)cc1)c1ccccc1C. The smallest absolute Gasteiger partial charge is 0.139 e. The molecular formula is C18H23NO2. The summed E-state index contributed by atoms with van der Waals surface area (Å²) < 4.78 is 11.3. The van der Waals surface area contributed by atoms with Crippen LogP contribution in [0.3, 0.4) is 0 Å². The summed E-state index contributed by atoms with van der Waals surface area (Å²) in [7, 11) is 1.65. The zero-order valence-electron chi connectivity index (χ0n) is 12.9. The van der Waals surface area contributed by atoms with Gasteiger partial charge in [-0.1, -0.05) is 31.2 Å². The van der Waals surface area contributed by atoms with Crippen LogP contribution >= 0.6 is 0 Å². The average Bonchev–Trinajstić information content (AvgIpc) is 2.53. The zero-order chi connectivity index (χ0) is 15.2. The van der Waals surface area contributed by atoms with Crippen LogP contribution in [0.25, 0.3) is 0 Å². The quantitative estimate of drug-likeness (QED) is 0.876. The van der Waals surface area contributed by atoms with Crippen LogP contribution < -0.4 is 15.2 Å². The predicted octanol–water partition coefficient (Wildman–Crippen LogP) is 3.86. The molecule has 0 amide bonds. The van der Waals surface area contributed by atoms with E-state index in [-0.39, 0.29) is 12.1 Å². The summed E-state index contributed by atoms with van der Waals surface area (Å²) in [5.74, 6) is 1.61. The van der Waals surface area contributed by atoms with Crippen molar-refractivity contribution in [3.05, 3.63) is 59.7 Å². The first-order valence-electron chi connectivity index (χ1n) is 7.27. The van der Waals surface area contributed by atoms with Crippen molar-refractivity contribution in [2.24, 2.45) is 5.73 Å². The third-order valence-corrected chi connectivity index (χ3v) is 3.68. The second-order valence-electron chi connectivity index (χ2n) is 5.14. The Morgan fingerprint density at radius 1 is 1.00 bits per heavy atom. The first-order chi connectivity index (χ1) is 10.2. The Hall–Kier alpha value is -2.00. The molecule has 2 N–H and O–H groups in total. The molecule has 0 aromatic heterocycles. The molecule has 3 nitrogen and oxygen atoms in total. The van der Waals surface area contributed by atoms with E-state index in [0.29, 0.717) is 0 Å². The van der Waals surface area contributed by atoms with E-state index in [1.165, 1.54) is 5.56 Å². The molecule has 3 heteroatoms. The molecule has 0 aliphatic heterocycles.